The van der Waals surface area contributed by atoms with Crippen LogP contribution in [0.5, 0.6) is 0 Å². The Labute approximate surface area is 190 Å². The summed E-state index contributed by atoms with van der Waals surface area (Å²) in [5, 5.41) is 3.35. The molecule has 0 radical (unpaired) electrons. The van der Waals surface area contributed by atoms with Gasteiger partial charge in [-0.2, -0.15) is 0 Å². The van der Waals surface area contributed by atoms with Gasteiger partial charge in [0.1, 0.15) is 21.5 Å². The van der Waals surface area contributed by atoms with Crippen LogP contribution in [0, 0.1) is 17.6 Å². The fourth-order valence-corrected chi connectivity index (χ4v) is 4.63. The van der Waals surface area contributed by atoms with Crippen molar-refractivity contribution in [3.63, 3.8) is 0 Å². The molecule has 2 aromatic carbocycles. The van der Waals surface area contributed by atoms with E-state index in [0.717, 1.165) is 49.9 Å². The van der Waals surface area contributed by atoms with Crippen molar-refractivity contribution in [2.24, 2.45) is 5.92 Å². The van der Waals surface area contributed by atoms with Crippen molar-refractivity contribution in [1.29, 1.82) is 0 Å². The van der Waals surface area contributed by atoms with E-state index >= 15 is 0 Å². The molecule has 1 fully saturated rings. The molecule has 7 heteroatoms. The zero-order chi connectivity index (χ0) is 22.3. The number of nitrogens with zero attached hydrogens (tertiary/aromatic N) is 2. The Balaban J connectivity index is 1.22. The molecular weight excluding hydrogens is 428 g/mol. The van der Waals surface area contributed by atoms with E-state index < -0.39 is 11.6 Å². The van der Waals surface area contributed by atoms with Crippen LogP contribution >= 0.6 is 11.3 Å². The van der Waals surface area contributed by atoms with Crippen molar-refractivity contribution in [2.45, 2.75) is 12.8 Å². The van der Waals surface area contributed by atoms with Crippen molar-refractivity contribution < 1.29 is 13.6 Å². The second kappa shape index (κ2) is 10.6. The molecule has 32 heavy (non-hydrogen) atoms. The number of carbonyl (C=O) groups excluding carboxylic acids is 1. The van der Waals surface area contributed by atoms with Crippen molar-refractivity contribution in [3.05, 3.63) is 82.9 Å². The summed E-state index contributed by atoms with van der Waals surface area (Å²) in [5.41, 5.74) is 1.41. The first-order valence-electron chi connectivity index (χ1n) is 10.7. The van der Waals surface area contributed by atoms with E-state index in [0.29, 0.717) is 22.3 Å². The fourth-order valence-electron chi connectivity index (χ4n) is 3.77. The van der Waals surface area contributed by atoms with Gasteiger partial charge in [0.25, 0.3) is 5.91 Å². The van der Waals surface area contributed by atoms with Gasteiger partial charge in [0, 0.05) is 24.7 Å². The van der Waals surface area contributed by atoms with Crippen LogP contribution in [0.3, 0.4) is 0 Å². The first-order valence-corrected chi connectivity index (χ1v) is 11.5. The zero-order valence-electron chi connectivity index (χ0n) is 17.6. The standard InChI is InChI=1S/C25H25F2N3OS/c26-20-8-9-21(22(27)15-20)25-29-17-23(32-25)24(31)28-16-19-10-13-30(14-11-19)12-4-7-18-5-2-1-3-6-18/h1-9,15,17,19H,10-14,16H2,(H,28,31). The predicted octanol–water partition coefficient (Wildman–Crippen LogP) is 5.24. The summed E-state index contributed by atoms with van der Waals surface area (Å²) >= 11 is 1.11. The maximum atomic E-state index is 14.0. The van der Waals surface area contributed by atoms with Crippen molar-refractivity contribution >= 4 is 23.3 Å². The van der Waals surface area contributed by atoms with E-state index in [4.69, 9.17) is 0 Å². The second-order valence-electron chi connectivity index (χ2n) is 7.92. The van der Waals surface area contributed by atoms with E-state index in [1.54, 1.807) is 0 Å². The second-order valence-corrected chi connectivity index (χ2v) is 8.95. The van der Waals surface area contributed by atoms with Gasteiger partial charge in [-0.3, -0.25) is 9.69 Å². The third-order valence-corrected chi connectivity index (χ3v) is 6.65. The highest BCUT2D eigenvalue weighted by Crippen LogP contribution is 2.28. The number of hydrogen-bond acceptors (Lipinski definition) is 4. The van der Waals surface area contributed by atoms with Crippen LogP contribution in [0.4, 0.5) is 8.78 Å². The number of likely N-dealkylation sites (tertiary alicyclic amines) is 1. The molecule has 1 saturated heterocycles. The minimum absolute atomic E-state index is 0.198. The molecule has 0 unspecified atom stereocenters. The Hall–Kier alpha value is -2.90. The van der Waals surface area contributed by atoms with Gasteiger partial charge in [0.05, 0.1) is 6.20 Å². The van der Waals surface area contributed by atoms with Crippen molar-refractivity contribution in [1.82, 2.24) is 15.2 Å². The number of benzene rings is 2. The number of piperidine rings is 1. The summed E-state index contributed by atoms with van der Waals surface area (Å²) < 4.78 is 27.1. The zero-order valence-corrected chi connectivity index (χ0v) is 18.5. The molecule has 1 aromatic heterocycles. The predicted molar refractivity (Wildman–Crippen MR) is 124 cm³/mol. The minimum Gasteiger partial charge on any atom is -0.351 e. The monoisotopic (exact) mass is 453 g/mol. The molecule has 1 amide bonds. The van der Waals surface area contributed by atoms with Gasteiger partial charge in [0.2, 0.25) is 0 Å². The highest BCUT2D eigenvalue weighted by molar-refractivity contribution is 7.16. The number of carbonyl (C=O) groups is 1. The lowest BCUT2D eigenvalue weighted by Gasteiger charge is -2.31. The van der Waals surface area contributed by atoms with Crippen LogP contribution in [0.1, 0.15) is 28.1 Å². The highest BCUT2D eigenvalue weighted by atomic mass is 32.1. The maximum absolute atomic E-state index is 14.0. The Kier molecular flexibility index (Phi) is 7.39. The van der Waals surface area contributed by atoms with Crippen LogP contribution in [0.15, 0.2) is 60.8 Å². The van der Waals surface area contributed by atoms with E-state index in [9.17, 15) is 13.6 Å². The van der Waals surface area contributed by atoms with Crippen molar-refractivity contribution in [3.8, 4) is 10.6 Å². The molecule has 166 valence electrons. The van der Waals surface area contributed by atoms with Crippen LogP contribution < -0.4 is 5.32 Å². The fraction of sp³-hybridized carbons (Fsp3) is 0.280. The van der Waals surface area contributed by atoms with E-state index in [-0.39, 0.29) is 11.5 Å². The summed E-state index contributed by atoms with van der Waals surface area (Å²) in [6.45, 7) is 3.56. The molecule has 1 aliphatic heterocycles. The number of nitrogens with one attached hydrogen (secondary N) is 1. The summed E-state index contributed by atoms with van der Waals surface area (Å²) in [6, 6.07) is 13.6. The minimum atomic E-state index is -0.684. The molecule has 0 aliphatic carbocycles. The topological polar surface area (TPSA) is 45.2 Å². The molecular formula is C25H25F2N3OS. The molecule has 2 heterocycles. The average molecular weight is 454 g/mol. The molecule has 4 nitrogen and oxygen atoms in total. The molecule has 1 aliphatic rings. The number of rotatable bonds is 7. The number of halogens is 2. The average Bonchev–Trinajstić information content (AvgIpc) is 3.29. The lowest BCUT2D eigenvalue weighted by Crippen LogP contribution is -2.38. The molecule has 4 rings (SSSR count). The first kappa shape index (κ1) is 22.3. The first-order chi connectivity index (χ1) is 15.6. The van der Waals surface area contributed by atoms with E-state index in [1.165, 1.54) is 23.9 Å². The molecule has 0 atom stereocenters. The molecule has 0 saturated carbocycles. The normalized spacial score (nSPS) is 15.3. The van der Waals surface area contributed by atoms with Gasteiger partial charge in [-0.25, -0.2) is 13.8 Å². The third kappa shape index (κ3) is 5.87. The number of aromatic nitrogens is 1. The van der Waals surface area contributed by atoms with Gasteiger partial charge in [-0.05, 0) is 49.5 Å². The summed E-state index contributed by atoms with van der Waals surface area (Å²) in [5.74, 6) is -1.09. The third-order valence-electron chi connectivity index (χ3n) is 5.62. The van der Waals surface area contributed by atoms with Crippen LogP contribution in [-0.2, 0) is 0 Å². The number of thiazole rings is 1. The van der Waals surface area contributed by atoms with Gasteiger partial charge in [-0.1, -0.05) is 42.5 Å². The smallest absolute Gasteiger partial charge is 0.263 e. The van der Waals surface area contributed by atoms with E-state index in [1.807, 2.05) is 18.2 Å². The van der Waals surface area contributed by atoms with Gasteiger partial charge < -0.3 is 5.32 Å². The van der Waals surface area contributed by atoms with Gasteiger partial charge >= 0.3 is 0 Å². The lowest BCUT2D eigenvalue weighted by atomic mass is 9.97. The maximum Gasteiger partial charge on any atom is 0.263 e. The van der Waals surface area contributed by atoms with E-state index in [2.05, 4.69) is 39.5 Å². The summed E-state index contributed by atoms with van der Waals surface area (Å²) in [6.07, 6.45) is 7.86. The Bertz CT molecular complexity index is 1080. The summed E-state index contributed by atoms with van der Waals surface area (Å²) in [7, 11) is 0. The highest BCUT2D eigenvalue weighted by Gasteiger charge is 2.20. The van der Waals surface area contributed by atoms with Crippen molar-refractivity contribution in [2.75, 3.05) is 26.2 Å². The quantitative estimate of drug-likeness (QED) is 0.532. The SMILES string of the molecule is O=C(NCC1CCN(CC=Cc2ccccc2)CC1)c1cnc(-c2ccc(F)cc2F)s1. The molecule has 0 spiro atoms. The Morgan fingerprint density at radius 3 is 2.69 bits per heavy atom. The largest absolute Gasteiger partial charge is 0.351 e. The van der Waals surface area contributed by atoms with Crippen LogP contribution in [0.2, 0.25) is 0 Å². The Morgan fingerprint density at radius 2 is 1.94 bits per heavy atom. The summed E-state index contributed by atoms with van der Waals surface area (Å²) in [4.78, 5) is 19.5. The number of amides is 1. The molecule has 0 bridgehead atoms. The Morgan fingerprint density at radius 1 is 1.16 bits per heavy atom. The van der Waals surface area contributed by atoms with Gasteiger partial charge in [-0.15, -0.1) is 11.3 Å². The van der Waals surface area contributed by atoms with Crippen LogP contribution in [-0.4, -0.2) is 42.0 Å². The van der Waals surface area contributed by atoms with Crippen LogP contribution in [0.25, 0.3) is 16.6 Å². The lowest BCUT2D eigenvalue weighted by molar-refractivity contribution is 0.0941. The molecule has 1 N–H and O–H groups in total. The number of hydrogen-bond donors (Lipinski definition) is 1. The molecule has 3 aromatic rings. The van der Waals surface area contributed by atoms with Gasteiger partial charge in [0.15, 0.2) is 0 Å².